The summed E-state index contributed by atoms with van der Waals surface area (Å²) in [5.41, 5.74) is 0.627. The molecule has 0 radical (unpaired) electrons. The normalized spacial score (nSPS) is 42.9. The van der Waals surface area contributed by atoms with E-state index in [1.54, 1.807) is 0 Å². The molecule has 2 fully saturated rings. The Morgan fingerprint density at radius 2 is 1.88 bits per heavy atom. The Balaban J connectivity index is 2.10. The molecule has 4 atom stereocenters. The van der Waals surface area contributed by atoms with Crippen LogP contribution in [0.25, 0.3) is 0 Å². The summed E-state index contributed by atoms with van der Waals surface area (Å²) in [5, 5.41) is 0. The Bertz CT molecular complexity index is 274. The van der Waals surface area contributed by atoms with Crippen molar-refractivity contribution in [1.82, 2.24) is 0 Å². The molecule has 0 aromatic heterocycles. The van der Waals surface area contributed by atoms with Crippen LogP contribution < -0.4 is 0 Å². The molecule has 0 aromatic carbocycles. The van der Waals surface area contributed by atoms with E-state index in [4.69, 9.17) is 16.3 Å². The highest BCUT2D eigenvalue weighted by molar-refractivity contribution is 6.19. The topological polar surface area (TPSA) is 9.23 Å². The van der Waals surface area contributed by atoms with Crippen molar-refractivity contribution in [2.24, 2.45) is 22.7 Å². The highest BCUT2D eigenvalue weighted by Gasteiger charge is 2.62. The quantitative estimate of drug-likeness (QED) is 0.667. The molecular formula is C14H25ClO. The molecule has 4 unspecified atom stereocenters. The number of hydrogen-bond donors (Lipinski definition) is 0. The van der Waals surface area contributed by atoms with E-state index in [9.17, 15) is 0 Å². The van der Waals surface area contributed by atoms with Crippen molar-refractivity contribution < 1.29 is 4.74 Å². The molecule has 0 aromatic rings. The van der Waals surface area contributed by atoms with Crippen molar-refractivity contribution in [3.8, 4) is 0 Å². The van der Waals surface area contributed by atoms with Gasteiger partial charge in [0.25, 0.3) is 0 Å². The first kappa shape index (κ1) is 12.7. The van der Waals surface area contributed by atoms with Gasteiger partial charge in [0.1, 0.15) is 5.56 Å². The van der Waals surface area contributed by atoms with E-state index in [-0.39, 0.29) is 5.56 Å². The van der Waals surface area contributed by atoms with Crippen molar-refractivity contribution >= 4 is 11.6 Å². The lowest BCUT2D eigenvalue weighted by Crippen LogP contribution is -2.39. The molecule has 2 aliphatic rings. The highest BCUT2D eigenvalue weighted by Crippen LogP contribution is 2.66. The minimum absolute atomic E-state index is 0.128. The molecule has 94 valence electrons. The maximum Gasteiger partial charge on any atom is 0.133 e. The first-order chi connectivity index (χ1) is 7.29. The van der Waals surface area contributed by atoms with E-state index in [0.717, 1.165) is 5.92 Å². The summed E-state index contributed by atoms with van der Waals surface area (Å²) in [5.74, 6) is 1.23. The zero-order valence-corrected chi connectivity index (χ0v) is 12.0. The standard InChI is InChI=1S/C14H25ClO/c1-9(2)12(15)16-11-8-10-6-7-14(11,5)13(10,3)4/h9-12H,6-8H2,1-5H3. The second-order valence-corrected chi connectivity index (χ2v) is 7.26. The predicted octanol–water partition coefficient (Wildman–Crippen LogP) is 4.44. The van der Waals surface area contributed by atoms with E-state index in [1.807, 2.05) is 0 Å². The lowest BCUT2D eigenvalue weighted by atomic mass is 9.70. The van der Waals surface area contributed by atoms with E-state index >= 15 is 0 Å². The van der Waals surface area contributed by atoms with Crippen LogP contribution in [0.4, 0.5) is 0 Å². The summed E-state index contributed by atoms with van der Waals surface area (Å²) >= 11 is 6.27. The number of rotatable bonds is 3. The van der Waals surface area contributed by atoms with E-state index in [0.29, 0.717) is 22.9 Å². The monoisotopic (exact) mass is 244 g/mol. The number of fused-ring (bicyclic) bond motifs is 2. The SMILES string of the molecule is CC(C)C(Cl)OC1CC2CCC1(C)C2(C)C. The fraction of sp³-hybridized carbons (Fsp3) is 1.00. The van der Waals surface area contributed by atoms with Gasteiger partial charge in [-0.3, -0.25) is 0 Å². The van der Waals surface area contributed by atoms with Gasteiger partial charge in [0.2, 0.25) is 0 Å². The number of halogens is 1. The Labute approximate surface area is 105 Å². The fourth-order valence-corrected chi connectivity index (χ4v) is 3.77. The van der Waals surface area contributed by atoms with Crippen molar-refractivity contribution in [2.45, 2.75) is 65.5 Å². The van der Waals surface area contributed by atoms with Gasteiger partial charge in [-0.2, -0.15) is 0 Å². The molecular weight excluding hydrogens is 220 g/mol. The van der Waals surface area contributed by atoms with Gasteiger partial charge in [0.05, 0.1) is 6.10 Å². The zero-order chi connectivity index (χ0) is 12.1. The third-order valence-electron chi connectivity index (χ3n) is 5.53. The van der Waals surface area contributed by atoms with Gasteiger partial charge in [0, 0.05) is 0 Å². The highest BCUT2D eigenvalue weighted by atomic mass is 35.5. The summed E-state index contributed by atoms with van der Waals surface area (Å²) in [6, 6.07) is 0. The molecule has 2 saturated carbocycles. The van der Waals surface area contributed by atoms with Crippen LogP contribution in [0, 0.1) is 22.7 Å². The van der Waals surface area contributed by atoms with Gasteiger partial charge in [-0.05, 0) is 41.9 Å². The Morgan fingerprint density at radius 3 is 2.25 bits per heavy atom. The van der Waals surface area contributed by atoms with Gasteiger partial charge in [-0.25, -0.2) is 0 Å². The van der Waals surface area contributed by atoms with Crippen LogP contribution in [0.3, 0.4) is 0 Å². The molecule has 0 saturated heterocycles. The van der Waals surface area contributed by atoms with Gasteiger partial charge in [0.15, 0.2) is 0 Å². The minimum atomic E-state index is -0.128. The van der Waals surface area contributed by atoms with E-state index in [2.05, 4.69) is 34.6 Å². The molecule has 2 rings (SSSR count). The molecule has 0 spiro atoms. The van der Waals surface area contributed by atoms with Crippen molar-refractivity contribution in [1.29, 1.82) is 0 Å². The molecule has 0 heterocycles. The van der Waals surface area contributed by atoms with Crippen LogP contribution in [0.15, 0.2) is 0 Å². The average Bonchev–Trinajstić information content (AvgIpc) is 2.50. The average molecular weight is 245 g/mol. The van der Waals surface area contributed by atoms with Crippen LogP contribution in [0.2, 0.25) is 0 Å². The summed E-state index contributed by atoms with van der Waals surface area (Å²) in [7, 11) is 0. The zero-order valence-electron chi connectivity index (χ0n) is 11.2. The number of hydrogen-bond acceptors (Lipinski definition) is 1. The molecule has 2 bridgehead atoms. The first-order valence-electron chi connectivity index (χ1n) is 6.58. The third-order valence-corrected chi connectivity index (χ3v) is 6.14. The fourth-order valence-electron chi connectivity index (χ4n) is 3.65. The predicted molar refractivity (Wildman–Crippen MR) is 68.6 cm³/mol. The summed E-state index contributed by atoms with van der Waals surface area (Å²) in [4.78, 5) is 0. The molecule has 0 amide bonds. The minimum Gasteiger partial charge on any atom is -0.358 e. The van der Waals surface area contributed by atoms with Crippen molar-refractivity contribution in [2.75, 3.05) is 0 Å². The van der Waals surface area contributed by atoms with Gasteiger partial charge < -0.3 is 4.74 Å². The van der Waals surface area contributed by atoms with Gasteiger partial charge in [-0.15, -0.1) is 0 Å². The maximum absolute atomic E-state index is 6.27. The first-order valence-corrected chi connectivity index (χ1v) is 7.02. The van der Waals surface area contributed by atoms with Gasteiger partial charge in [-0.1, -0.05) is 46.2 Å². The van der Waals surface area contributed by atoms with Crippen molar-refractivity contribution in [3.63, 3.8) is 0 Å². The molecule has 0 aliphatic heterocycles. The van der Waals surface area contributed by atoms with Gasteiger partial charge >= 0.3 is 0 Å². The lowest BCUT2D eigenvalue weighted by molar-refractivity contribution is -0.0713. The molecule has 1 nitrogen and oxygen atoms in total. The lowest BCUT2D eigenvalue weighted by Gasteiger charge is -2.40. The number of ether oxygens (including phenoxy) is 1. The third kappa shape index (κ3) is 1.62. The maximum atomic E-state index is 6.27. The Morgan fingerprint density at radius 1 is 1.25 bits per heavy atom. The summed E-state index contributed by atoms with van der Waals surface area (Å²) < 4.78 is 6.11. The second-order valence-electron chi connectivity index (χ2n) is 6.83. The smallest absolute Gasteiger partial charge is 0.133 e. The Kier molecular flexibility index (Phi) is 3.08. The van der Waals surface area contributed by atoms with Crippen LogP contribution in [-0.4, -0.2) is 11.7 Å². The van der Waals surface area contributed by atoms with Crippen molar-refractivity contribution in [3.05, 3.63) is 0 Å². The van der Waals surface area contributed by atoms with Crippen LogP contribution >= 0.6 is 11.6 Å². The van der Waals surface area contributed by atoms with Crippen LogP contribution in [0.5, 0.6) is 0 Å². The molecule has 2 heteroatoms. The molecule has 0 N–H and O–H groups in total. The van der Waals surface area contributed by atoms with Crippen LogP contribution in [0.1, 0.15) is 53.9 Å². The summed E-state index contributed by atoms with van der Waals surface area (Å²) in [6.45, 7) is 11.5. The number of alkyl halides is 1. The van der Waals surface area contributed by atoms with Crippen LogP contribution in [-0.2, 0) is 4.74 Å². The van der Waals surface area contributed by atoms with E-state index < -0.39 is 0 Å². The Hall–Kier alpha value is 0.250. The summed E-state index contributed by atoms with van der Waals surface area (Å²) in [6.07, 6.45) is 4.25. The molecule has 16 heavy (non-hydrogen) atoms. The molecule has 2 aliphatic carbocycles. The largest absolute Gasteiger partial charge is 0.358 e. The van der Waals surface area contributed by atoms with E-state index in [1.165, 1.54) is 19.3 Å². The second kappa shape index (κ2) is 3.88.